The third-order valence-electron chi connectivity index (χ3n) is 3.87. The van der Waals surface area contributed by atoms with E-state index in [2.05, 4.69) is 15.1 Å². The van der Waals surface area contributed by atoms with Gasteiger partial charge in [-0.25, -0.2) is 0 Å². The molecule has 2 rings (SSSR count). The minimum Gasteiger partial charge on any atom is -0.326 e. The third kappa shape index (κ3) is 2.38. The highest BCUT2D eigenvalue weighted by atomic mass is 16.2. The number of carbonyl (C=O) groups excluding carboxylic acids is 1. The van der Waals surface area contributed by atoms with E-state index in [0.717, 1.165) is 32.5 Å². The molecule has 4 nitrogen and oxygen atoms in total. The minimum absolute atomic E-state index is 0.0335. The summed E-state index contributed by atoms with van der Waals surface area (Å²) < 4.78 is 0. The summed E-state index contributed by atoms with van der Waals surface area (Å²) in [7, 11) is 2.04. The molecule has 0 aromatic rings. The maximum Gasteiger partial charge on any atom is 0.240 e. The summed E-state index contributed by atoms with van der Waals surface area (Å²) in [5.74, 6) is 0.291. The minimum atomic E-state index is 0.0335. The fourth-order valence-electron chi connectivity index (χ4n) is 2.63. The van der Waals surface area contributed by atoms with Gasteiger partial charge in [0.1, 0.15) is 0 Å². The largest absolute Gasteiger partial charge is 0.326 e. The van der Waals surface area contributed by atoms with Gasteiger partial charge in [0.05, 0.1) is 12.2 Å². The van der Waals surface area contributed by atoms with E-state index < -0.39 is 0 Å². The quantitative estimate of drug-likeness (QED) is 0.711. The van der Waals surface area contributed by atoms with E-state index in [1.54, 1.807) is 0 Å². The first-order chi connectivity index (χ1) is 7.70. The van der Waals surface area contributed by atoms with Crippen molar-refractivity contribution in [2.75, 3.05) is 26.7 Å². The van der Waals surface area contributed by atoms with Gasteiger partial charge in [-0.15, -0.1) is 0 Å². The van der Waals surface area contributed by atoms with Crippen LogP contribution < -0.4 is 5.32 Å². The number of likely N-dealkylation sites (N-methyl/N-ethyl adjacent to an activating group) is 1. The number of hydrogen-bond acceptors (Lipinski definition) is 3. The topological polar surface area (TPSA) is 35.6 Å². The average Bonchev–Trinajstić information content (AvgIpc) is 2.44. The summed E-state index contributed by atoms with van der Waals surface area (Å²) in [6.07, 6.45) is 4.97. The fourth-order valence-corrected chi connectivity index (χ4v) is 2.63. The highest BCUT2D eigenvalue weighted by Gasteiger charge is 2.31. The van der Waals surface area contributed by atoms with Crippen molar-refractivity contribution in [1.29, 1.82) is 0 Å². The van der Waals surface area contributed by atoms with E-state index in [1.165, 1.54) is 12.8 Å². The van der Waals surface area contributed by atoms with E-state index in [9.17, 15) is 4.79 Å². The van der Waals surface area contributed by atoms with Crippen molar-refractivity contribution < 1.29 is 4.79 Å². The molecular formula is C12H23N3O. The molecule has 2 atom stereocenters. The lowest BCUT2D eigenvalue weighted by molar-refractivity contribution is -0.137. The molecule has 0 bridgehead atoms. The average molecular weight is 225 g/mol. The molecular weight excluding hydrogens is 202 g/mol. The molecule has 2 aliphatic heterocycles. The van der Waals surface area contributed by atoms with E-state index in [1.807, 2.05) is 14.0 Å². The van der Waals surface area contributed by atoms with Crippen molar-refractivity contribution in [3.8, 4) is 0 Å². The van der Waals surface area contributed by atoms with Crippen LogP contribution in [0.15, 0.2) is 0 Å². The number of amides is 1. The van der Waals surface area contributed by atoms with Crippen LogP contribution in [-0.2, 0) is 4.79 Å². The highest BCUT2D eigenvalue weighted by Crippen LogP contribution is 2.17. The Labute approximate surface area is 98.0 Å². The number of nitrogens with one attached hydrogen (secondary N) is 1. The number of nitrogens with zero attached hydrogens (tertiary/aromatic N) is 2. The highest BCUT2D eigenvalue weighted by molar-refractivity contribution is 5.82. The van der Waals surface area contributed by atoms with E-state index in [4.69, 9.17) is 0 Å². The Morgan fingerprint density at radius 2 is 2.06 bits per heavy atom. The first kappa shape index (κ1) is 11.9. The molecule has 1 amide bonds. The van der Waals surface area contributed by atoms with Gasteiger partial charge >= 0.3 is 0 Å². The van der Waals surface area contributed by atoms with Crippen molar-refractivity contribution in [3.05, 3.63) is 0 Å². The van der Waals surface area contributed by atoms with Crippen molar-refractivity contribution in [2.45, 2.75) is 44.8 Å². The Balaban J connectivity index is 2.04. The van der Waals surface area contributed by atoms with Crippen molar-refractivity contribution in [3.63, 3.8) is 0 Å². The summed E-state index contributed by atoms with van der Waals surface area (Å²) in [5.41, 5.74) is 0. The molecule has 0 aromatic heterocycles. The van der Waals surface area contributed by atoms with Gasteiger partial charge in [-0.2, -0.15) is 0 Å². The SMILES string of the molecule is CC1C(=O)N(C2CCCCN2)CCCN1C. The summed E-state index contributed by atoms with van der Waals surface area (Å²) in [6.45, 7) is 5.00. The van der Waals surface area contributed by atoms with Crippen LogP contribution in [0, 0.1) is 0 Å². The van der Waals surface area contributed by atoms with Crippen LogP contribution in [0.4, 0.5) is 0 Å². The molecule has 0 saturated carbocycles. The Morgan fingerprint density at radius 3 is 2.75 bits per heavy atom. The lowest BCUT2D eigenvalue weighted by atomic mass is 10.1. The summed E-state index contributed by atoms with van der Waals surface area (Å²) in [5, 5.41) is 3.47. The predicted octanol–water partition coefficient (Wildman–Crippen LogP) is 0.639. The smallest absolute Gasteiger partial charge is 0.240 e. The van der Waals surface area contributed by atoms with Crippen molar-refractivity contribution in [2.24, 2.45) is 0 Å². The molecule has 2 aliphatic rings. The maximum absolute atomic E-state index is 12.3. The zero-order valence-corrected chi connectivity index (χ0v) is 10.4. The van der Waals surface area contributed by atoms with Crippen LogP contribution in [0.25, 0.3) is 0 Å². The molecule has 2 fully saturated rings. The van der Waals surface area contributed by atoms with Gasteiger partial charge in [0.25, 0.3) is 0 Å². The summed E-state index contributed by atoms with van der Waals surface area (Å²) in [6, 6.07) is 0.0335. The Morgan fingerprint density at radius 1 is 1.25 bits per heavy atom. The molecule has 2 saturated heterocycles. The Kier molecular flexibility index (Phi) is 3.82. The van der Waals surface area contributed by atoms with Gasteiger partial charge in [0.15, 0.2) is 0 Å². The van der Waals surface area contributed by atoms with Crippen LogP contribution in [0.5, 0.6) is 0 Å². The van der Waals surface area contributed by atoms with Gasteiger partial charge in [0, 0.05) is 13.1 Å². The van der Waals surface area contributed by atoms with Gasteiger partial charge in [-0.05, 0) is 46.2 Å². The molecule has 1 N–H and O–H groups in total. The zero-order valence-electron chi connectivity index (χ0n) is 10.4. The second-order valence-electron chi connectivity index (χ2n) is 5.01. The number of carbonyl (C=O) groups is 1. The van der Waals surface area contributed by atoms with E-state index in [-0.39, 0.29) is 12.2 Å². The first-order valence-electron chi connectivity index (χ1n) is 6.44. The second-order valence-corrected chi connectivity index (χ2v) is 5.01. The second kappa shape index (κ2) is 5.15. The summed E-state index contributed by atoms with van der Waals surface area (Å²) in [4.78, 5) is 16.5. The predicted molar refractivity (Wildman–Crippen MR) is 64.1 cm³/mol. The first-order valence-corrected chi connectivity index (χ1v) is 6.44. The van der Waals surface area contributed by atoms with Gasteiger partial charge in [0.2, 0.25) is 5.91 Å². The Hall–Kier alpha value is -0.610. The van der Waals surface area contributed by atoms with Crippen molar-refractivity contribution >= 4 is 5.91 Å². The molecule has 0 radical (unpaired) electrons. The molecule has 92 valence electrons. The van der Waals surface area contributed by atoms with Gasteiger partial charge < -0.3 is 4.90 Å². The molecule has 0 aliphatic carbocycles. The lowest BCUT2D eigenvalue weighted by Crippen LogP contribution is -2.54. The normalized spacial score (nSPS) is 33.9. The molecule has 16 heavy (non-hydrogen) atoms. The molecule has 2 unspecified atom stereocenters. The van der Waals surface area contributed by atoms with E-state index >= 15 is 0 Å². The molecule has 4 heteroatoms. The number of hydrogen-bond donors (Lipinski definition) is 1. The molecule has 0 spiro atoms. The fraction of sp³-hybridized carbons (Fsp3) is 0.917. The molecule has 0 aromatic carbocycles. The number of piperidine rings is 1. The van der Waals surface area contributed by atoms with Crippen LogP contribution in [0.1, 0.15) is 32.6 Å². The lowest BCUT2D eigenvalue weighted by Gasteiger charge is -2.35. The van der Waals surface area contributed by atoms with Gasteiger partial charge in [-0.1, -0.05) is 0 Å². The molecule has 2 heterocycles. The standard InChI is InChI=1S/C12H23N3O/c1-10-12(16)15(9-5-8-14(10)2)11-6-3-4-7-13-11/h10-11,13H,3-9H2,1-2H3. The number of rotatable bonds is 1. The van der Waals surface area contributed by atoms with Crippen LogP contribution in [0.3, 0.4) is 0 Å². The van der Waals surface area contributed by atoms with Crippen molar-refractivity contribution in [1.82, 2.24) is 15.1 Å². The zero-order chi connectivity index (χ0) is 11.5. The van der Waals surface area contributed by atoms with Crippen LogP contribution in [-0.4, -0.2) is 54.6 Å². The Bertz CT molecular complexity index is 251. The summed E-state index contributed by atoms with van der Waals surface area (Å²) >= 11 is 0. The third-order valence-corrected chi connectivity index (χ3v) is 3.87. The van der Waals surface area contributed by atoms with Crippen LogP contribution in [0.2, 0.25) is 0 Å². The maximum atomic E-state index is 12.3. The monoisotopic (exact) mass is 225 g/mol. The van der Waals surface area contributed by atoms with Gasteiger partial charge in [-0.3, -0.25) is 15.0 Å². The van der Waals surface area contributed by atoms with E-state index in [0.29, 0.717) is 5.91 Å². The van der Waals surface area contributed by atoms with Crippen LogP contribution >= 0.6 is 0 Å².